The van der Waals surface area contributed by atoms with E-state index in [2.05, 4.69) is 24.2 Å². The van der Waals surface area contributed by atoms with Crippen molar-refractivity contribution in [3.05, 3.63) is 16.1 Å². The minimum absolute atomic E-state index is 0.0144. The van der Waals surface area contributed by atoms with Crippen LogP contribution < -0.4 is 5.73 Å². The Kier molecular flexibility index (Phi) is 2.62. The molecule has 1 heterocycles. The van der Waals surface area contributed by atoms with Crippen LogP contribution in [0.25, 0.3) is 0 Å². The predicted octanol–water partition coefficient (Wildman–Crippen LogP) is 2.51. The summed E-state index contributed by atoms with van der Waals surface area (Å²) in [6.07, 6.45) is 4.67. The average Bonchev–Trinajstić information content (AvgIpc) is 2.62. The first-order valence-corrected chi connectivity index (χ1v) is 6.18. The van der Waals surface area contributed by atoms with Crippen LogP contribution in [0.5, 0.6) is 0 Å². The largest absolute Gasteiger partial charge is 0.325 e. The van der Waals surface area contributed by atoms with Gasteiger partial charge in [0.1, 0.15) is 0 Å². The SMILES string of the molecule is Cc1nc(CC2(N)CCCC2C)cs1. The summed E-state index contributed by atoms with van der Waals surface area (Å²) in [5.74, 6) is 0.643. The van der Waals surface area contributed by atoms with Gasteiger partial charge in [-0.3, -0.25) is 0 Å². The quantitative estimate of drug-likeness (QED) is 0.814. The first-order chi connectivity index (χ1) is 6.60. The molecule has 78 valence electrons. The molecule has 0 saturated heterocycles. The monoisotopic (exact) mass is 210 g/mol. The van der Waals surface area contributed by atoms with Crippen LogP contribution in [0.15, 0.2) is 5.38 Å². The third-order valence-corrected chi connectivity index (χ3v) is 4.26. The highest BCUT2D eigenvalue weighted by Crippen LogP contribution is 2.35. The molecule has 0 aliphatic heterocycles. The Balaban J connectivity index is 2.10. The molecule has 2 atom stereocenters. The Bertz CT molecular complexity index is 321. The molecule has 1 saturated carbocycles. The van der Waals surface area contributed by atoms with E-state index in [1.165, 1.54) is 18.5 Å². The van der Waals surface area contributed by atoms with E-state index < -0.39 is 0 Å². The lowest BCUT2D eigenvalue weighted by Crippen LogP contribution is -2.44. The van der Waals surface area contributed by atoms with E-state index in [9.17, 15) is 0 Å². The number of nitrogens with two attached hydrogens (primary N) is 1. The third-order valence-electron chi connectivity index (χ3n) is 3.44. The zero-order chi connectivity index (χ0) is 10.2. The Morgan fingerprint density at radius 3 is 3.00 bits per heavy atom. The van der Waals surface area contributed by atoms with Crippen LogP contribution in [-0.4, -0.2) is 10.5 Å². The summed E-state index contributed by atoms with van der Waals surface area (Å²) in [7, 11) is 0. The van der Waals surface area contributed by atoms with Crippen molar-refractivity contribution in [2.45, 2.75) is 45.1 Å². The molecular formula is C11H18N2S. The molecule has 1 aliphatic rings. The van der Waals surface area contributed by atoms with Gasteiger partial charge in [-0.15, -0.1) is 11.3 Å². The second kappa shape index (κ2) is 3.63. The summed E-state index contributed by atoms with van der Waals surface area (Å²) in [5.41, 5.74) is 7.61. The maximum atomic E-state index is 6.41. The van der Waals surface area contributed by atoms with Crippen LogP contribution in [-0.2, 0) is 6.42 Å². The summed E-state index contributed by atoms with van der Waals surface area (Å²) < 4.78 is 0. The van der Waals surface area contributed by atoms with Gasteiger partial charge < -0.3 is 5.73 Å². The second-order valence-electron chi connectivity index (χ2n) is 4.56. The van der Waals surface area contributed by atoms with Crippen molar-refractivity contribution in [3.63, 3.8) is 0 Å². The molecule has 0 spiro atoms. The number of rotatable bonds is 2. The lowest BCUT2D eigenvalue weighted by Gasteiger charge is -2.28. The fraction of sp³-hybridized carbons (Fsp3) is 0.727. The van der Waals surface area contributed by atoms with Gasteiger partial charge in [0.05, 0.1) is 10.7 Å². The predicted molar refractivity (Wildman–Crippen MR) is 60.5 cm³/mol. The number of hydrogen-bond donors (Lipinski definition) is 1. The summed E-state index contributed by atoms with van der Waals surface area (Å²) in [6, 6.07) is 0. The number of aromatic nitrogens is 1. The number of thiazole rings is 1. The van der Waals surface area contributed by atoms with E-state index in [0.29, 0.717) is 5.92 Å². The lowest BCUT2D eigenvalue weighted by molar-refractivity contribution is 0.334. The van der Waals surface area contributed by atoms with Gasteiger partial charge in [0.25, 0.3) is 0 Å². The summed E-state index contributed by atoms with van der Waals surface area (Å²) >= 11 is 1.72. The molecule has 0 radical (unpaired) electrons. The van der Waals surface area contributed by atoms with Gasteiger partial charge in [0.15, 0.2) is 0 Å². The molecule has 2 nitrogen and oxygen atoms in total. The normalized spacial score (nSPS) is 32.4. The van der Waals surface area contributed by atoms with Crippen molar-refractivity contribution in [1.82, 2.24) is 4.98 Å². The van der Waals surface area contributed by atoms with Crippen LogP contribution in [0.1, 0.15) is 36.9 Å². The molecule has 2 N–H and O–H groups in total. The average molecular weight is 210 g/mol. The van der Waals surface area contributed by atoms with Gasteiger partial charge in [-0.2, -0.15) is 0 Å². The molecule has 0 bridgehead atoms. The second-order valence-corrected chi connectivity index (χ2v) is 5.62. The Morgan fingerprint density at radius 1 is 1.71 bits per heavy atom. The maximum absolute atomic E-state index is 6.41. The molecule has 2 rings (SSSR count). The van der Waals surface area contributed by atoms with Crippen molar-refractivity contribution < 1.29 is 0 Å². The van der Waals surface area contributed by atoms with Gasteiger partial charge in [0, 0.05) is 17.3 Å². The molecular weight excluding hydrogens is 192 g/mol. The van der Waals surface area contributed by atoms with Gasteiger partial charge in [-0.1, -0.05) is 13.3 Å². The fourth-order valence-corrected chi connectivity index (χ4v) is 2.97. The molecule has 0 aromatic carbocycles. The molecule has 3 heteroatoms. The van der Waals surface area contributed by atoms with Crippen LogP contribution in [0.2, 0.25) is 0 Å². The smallest absolute Gasteiger partial charge is 0.0897 e. The first-order valence-electron chi connectivity index (χ1n) is 5.30. The minimum Gasteiger partial charge on any atom is -0.325 e. The Morgan fingerprint density at radius 2 is 2.50 bits per heavy atom. The van der Waals surface area contributed by atoms with Crippen molar-refractivity contribution in [2.24, 2.45) is 11.7 Å². The third kappa shape index (κ3) is 1.84. The zero-order valence-corrected chi connectivity index (χ0v) is 9.73. The van der Waals surface area contributed by atoms with E-state index in [1.54, 1.807) is 11.3 Å². The van der Waals surface area contributed by atoms with Gasteiger partial charge in [-0.25, -0.2) is 4.98 Å². The topological polar surface area (TPSA) is 38.9 Å². The van der Waals surface area contributed by atoms with Gasteiger partial charge >= 0.3 is 0 Å². The molecule has 0 amide bonds. The van der Waals surface area contributed by atoms with Crippen LogP contribution in [0.4, 0.5) is 0 Å². The first kappa shape index (κ1) is 10.1. The van der Waals surface area contributed by atoms with E-state index in [-0.39, 0.29) is 5.54 Å². The highest BCUT2D eigenvalue weighted by molar-refractivity contribution is 7.09. The molecule has 2 unspecified atom stereocenters. The van der Waals surface area contributed by atoms with Crippen LogP contribution >= 0.6 is 11.3 Å². The van der Waals surface area contributed by atoms with Crippen LogP contribution in [0.3, 0.4) is 0 Å². The molecule has 1 aromatic heterocycles. The van der Waals surface area contributed by atoms with Crippen molar-refractivity contribution in [1.29, 1.82) is 0 Å². The highest BCUT2D eigenvalue weighted by Gasteiger charge is 2.36. The Hall–Kier alpha value is -0.410. The summed E-state index contributed by atoms with van der Waals surface area (Å²) in [5, 5.41) is 3.30. The maximum Gasteiger partial charge on any atom is 0.0897 e. The van der Waals surface area contributed by atoms with E-state index >= 15 is 0 Å². The minimum atomic E-state index is 0.0144. The van der Waals surface area contributed by atoms with Crippen molar-refractivity contribution in [3.8, 4) is 0 Å². The molecule has 1 aliphatic carbocycles. The molecule has 14 heavy (non-hydrogen) atoms. The zero-order valence-electron chi connectivity index (χ0n) is 8.92. The van der Waals surface area contributed by atoms with Crippen LogP contribution in [0, 0.1) is 12.8 Å². The summed E-state index contributed by atoms with van der Waals surface area (Å²) in [4.78, 5) is 4.49. The highest BCUT2D eigenvalue weighted by atomic mass is 32.1. The van der Waals surface area contributed by atoms with Crippen molar-refractivity contribution >= 4 is 11.3 Å². The van der Waals surface area contributed by atoms with E-state index in [4.69, 9.17) is 5.73 Å². The molecule has 1 aromatic rings. The fourth-order valence-electron chi connectivity index (χ4n) is 2.36. The lowest BCUT2D eigenvalue weighted by atomic mass is 9.85. The van der Waals surface area contributed by atoms with Gasteiger partial charge in [0.2, 0.25) is 0 Å². The standard InChI is InChI=1S/C11H18N2S/c1-8-4-3-5-11(8,12)6-10-7-14-9(2)13-10/h7-8H,3-6,12H2,1-2H3. The van der Waals surface area contributed by atoms with Gasteiger partial charge in [-0.05, 0) is 25.7 Å². The number of nitrogens with zero attached hydrogens (tertiary/aromatic N) is 1. The van der Waals surface area contributed by atoms with E-state index in [1.807, 2.05) is 0 Å². The number of aryl methyl sites for hydroxylation is 1. The van der Waals surface area contributed by atoms with E-state index in [0.717, 1.165) is 17.8 Å². The van der Waals surface area contributed by atoms with Crippen molar-refractivity contribution in [2.75, 3.05) is 0 Å². The Labute approximate surface area is 89.5 Å². The number of hydrogen-bond acceptors (Lipinski definition) is 3. The molecule has 1 fully saturated rings. The summed E-state index contributed by atoms with van der Waals surface area (Å²) in [6.45, 7) is 4.32.